The van der Waals surface area contributed by atoms with Gasteiger partial charge in [0.05, 0.1) is 20.6 Å². The van der Waals surface area contributed by atoms with E-state index in [0.29, 0.717) is 18.6 Å². The van der Waals surface area contributed by atoms with Crippen LogP contribution in [0, 0.1) is 5.92 Å². The smallest absolute Gasteiger partial charge is 0.328 e. The summed E-state index contributed by atoms with van der Waals surface area (Å²) in [6.07, 6.45) is 2.41. The second-order valence-electron chi connectivity index (χ2n) is 7.42. The van der Waals surface area contributed by atoms with Crippen LogP contribution in [-0.2, 0) is 33.4 Å². The van der Waals surface area contributed by atoms with Crippen LogP contribution in [0.3, 0.4) is 0 Å². The average molecular weight is 462 g/mol. The van der Waals surface area contributed by atoms with E-state index in [1.807, 2.05) is 20.1 Å². The molecule has 0 heterocycles. The van der Waals surface area contributed by atoms with Gasteiger partial charge in [-0.3, -0.25) is 19.2 Å². The third-order valence-electron chi connectivity index (χ3n) is 4.31. The SMILES string of the molecule is COC(=O)CCC(=O)NC(CCSC)C(=O)NC(C)C(=O)NC(CC(C)C)C(=O)OC. The van der Waals surface area contributed by atoms with Crippen molar-refractivity contribution in [2.45, 2.75) is 64.6 Å². The third kappa shape index (κ3) is 12.2. The van der Waals surface area contributed by atoms with Crippen LogP contribution >= 0.6 is 11.8 Å². The summed E-state index contributed by atoms with van der Waals surface area (Å²) in [4.78, 5) is 60.3. The normalized spacial score (nSPS) is 13.5. The topological polar surface area (TPSA) is 140 Å². The minimum absolute atomic E-state index is 0.0945. The highest BCUT2D eigenvalue weighted by molar-refractivity contribution is 7.98. The van der Waals surface area contributed by atoms with E-state index in [4.69, 9.17) is 4.74 Å². The molecule has 0 spiro atoms. The zero-order chi connectivity index (χ0) is 24.0. The van der Waals surface area contributed by atoms with Gasteiger partial charge in [0.25, 0.3) is 0 Å². The molecule has 0 rings (SSSR count). The van der Waals surface area contributed by atoms with Crippen molar-refractivity contribution in [2.24, 2.45) is 5.92 Å². The zero-order valence-corrected chi connectivity index (χ0v) is 19.9. The molecule has 3 amide bonds. The summed E-state index contributed by atoms with van der Waals surface area (Å²) in [5, 5.41) is 7.75. The van der Waals surface area contributed by atoms with Crippen molar-refractivity contribution < 1.29 is 33.4 Å². The highest BCUT2D eigenvalue weighted by Gasteiger charge is 2.28. The Labute approximate surface area is 187 Å². The van der Waals surface area contributed by atoms with Crippen LogP contribution in [0.25, 0.3) is 0 Å². The summed E-state index contributed by atoms with van der Waals surface area (Å²) in [6, 6.07) is -2.61. The first kappa shape index (κ1) is 28.7. The van der Waals surface area contributed by atoms with Gasteiger partial charge in [-0.2, -0.15) is 11.8 Å². The van der Waals surface area contributed by atoms with Crippen molar-refractivity contribution in [1.29, 1.82) is 0 Å². The Balaban J connectivity index is 4.97. The molecule has 0 aliphatic heterocycles. The Bertz CT molecular complexity index is 628. The molecule has 31 heavy (non-hydrogen) atoms. The van der Waals surface area contributed by atoms with Crippen molar-refractivity contribution >= 4 is 41.4 Å². The molecule has 11 heteroatoms. The van der Waals surface area contributed by atoms with Crippen molar-refractivity contribution in [3.63, 3.8) is 0 Å². The lowest BCUT2D eigenvalue weighted by Gasteiger charge is -2.23. The molecule has 0 radical (unpaired) electrons. The number of thioether (sulfide) groups is 1. The van der Waals surface area contributed by atoms with E-state index in [1.54, 1.807) is 0 Å². The van der Waals surface area contributed by atoms with Gasteiger partial charge in [0.2, 0.25) is 17.7 Å². The minimum atomic E-state index is -0.935. The van der Waals surface area contributed by atoms with E-state index >= 15 is 0 Å². The Morgan fingerprint density at radius 2 is 1.48 bits per heavy atom. The molecule has 3 unspecified atom stereocenters. The first-order chi connectivity index (χ1) is 14.5. The Hall–Kier alpha value is -2.30. The van der Waals surface area contributed by atoms with E-state index in [0.717, 1.165) is 0 Å². The maximum atomic E-state index is 12.6. The first-order valence-corrected chi connectivity index (χ1v) is 11.5. The molecule has 3 N–H and O–H groups in total. The molecule has 0 aromatic rings. The number of ether oxygens (including phenoxy) is 2. The minimum Gasteiger partial charge on any atom is -0.469 e. The van der Waals surface area contributed by atoms with Gasteiger partial charge in [-0.25, -0.2) is 4.79 Å². The van der Waals surface area contributed by atoms with Crippen molar-refractivity contribution in [1.82, 2.24) is 16.0 Å². The molecular weight excluding hydrogens is 426 g/mol. The highest BCUT2D eigenvalue weighted by Crippen LogP contribution is 2.07. The van der Waals surface area contributed by atoms with E-state index in [1.165, 1.54) is 32.9 Å². The lowest BCUT2D eigenvalue weighted by molar-refractivity contribution is -0.145. The molecular formula is C20H35N3O7S. The number of rotatable bonds is 14. The second-order valence-corrected chi connectivity index (χ2v) is 8.41. The van der Waals surface area contributed by atoms with Gasteiger partial charge in [0, 0.05) is 6.42 Å². The number of methoxy groups -OCH3 is 2. The van der Waals surface area contributed by atoms with Crippen molar-refractivity contribution in [2.75, 3.05) is 26.2 Å². The average Bonchev–Trinajstić information content (AvgIpc) is 2.72. The number of hydrogen-bond donors (Lipinski definition) is 3. The lowest BCUT2D eigenvalue weighted by Crippen LogP contribution is -2.55. The molecule has 0 aliphatic carbocycles. The van der Waals surface area contributed by atoms with E-state index in [-0.39, 0.29) is 18.8 Å². The van der Waals surface area contributed by atoms with E-state index in [2.05, 4.69) is 20.7 Å². The fourth-order valence-corrected chi connectivity index (χ4v) is 3.06. The zero-order valence-electron chi connectivity index (χ0n) is 19.1. The van der Waals surface area contributed by atoms with Crippen LogP contribution in [0.2, 0.25) is 0 Å². The Morgan fingerprint density at radius 1 is 0.839 bits per heavy atom. The van der Waals surface area contributed by atoms with Crippen molar-refractivity contribution in [3.05, 3.63) is 0 Å². The van der Waals surface area contributed by atoms with Gasteiger partial charge >= 0.3 is 11.9 Å². The molecule has 0 saturated carbocycles. The Kier molecular flexibility index (Phi) is 14.3. The van der Waals surface area contributed by atoms with Gasteiger partial charge in [-0.15, -0.1) is 0 Å². The summed E-state index contributed by atoms with van der Waals surface area (Å²) in [6.45, 7) is 5.31. The fourth-order valence-electron chi connectivity index (χ4n) is 2.59. The molecule has 178 valence electrons. The van der Waals surface area contributed by atoms with Gasteiger partial charge in [-0.05, 0) is 37.7 Å². The molecule has 0 aromatic carbocycles. The largest absolute Gasteiger partial charge is 0.469 e. The predicted molar refractivity (Wildman–Crippen MR) is 117 cm³/mol. The van der Waals surface area contributed by atoms with Gasteiger partial charge < -0.3 is 25.4 Å². The third-order valence-corrected chi connectivity index (χ3v) is 4.95. The molecule has 0 aliphatic rings. The second kappa shape index (κ2) is 15.5. The monoisotopic (exact) mass is 461 g/mol. The fraction of sp³-hybridized carbons (Fsp3) is 0.750. The van der Waals surface area contributed by atoms with Crippen LogP contribution in [0.1, 0.15) is 46.5 Å². The standard InChI is InChI=1S/C20H35N3O7S/c1-12(2)11-15(20(28)30-5)23-18(26)13(3)21-19(27)14(9-10-31-6)22-16(24)7-8-17(25)29-4/h12-15H,7-11H2,1-6H3,(H,21,27)(H,22,24)(H,23,26). The highest BCUT2D eigenvalue weighted by atomic mass is 32.2. The molecule has 3 atom stereocenters. The lowest BCUT2D eigenvalue weighted by atomic mass is 10.0. The number of amides is 3. The molecule has 0 aromatic heterocycles. The predicted octanol–water partition coefficient (Wildman–Crippen LogP) is 0.386. The molecule has 0 bridgehead atoms. The van der Waals surface area contributed by atoms with Gasteiger partial charge in [-0.1, -0.05) is 13.8 Å². The Morgan fingerprint density at radius 3 is 2.00 bits per heavy atom. The van der Waals surface area contributed by atoms with Crippen LogP contribution in [-0.4, -0.2) is 74.0 Å². The van der Waals surface area contributed by atoms with Crippen molar-refractivity contribution in [3.8, 4) is 0 Å². The first-order valence-electron chi connectivity index (χ1n) is 10.1. The molecule has 10 nitrogen and oxygen atoms in total. The summed E-state index contributed by atoms with van der Waals surface area (Å²) in [5.41, 5.74) is 0. The summed E-state index contributed by atoms with van der Waals surface area (Å²) in [5.74, 6) is -1.86. The van der Waals surface area contributed by atoms with Crippen LogP contribution in [0.4, 0.5) is 0 Å². The summed E-state index contributed by atoms with van der Waals surface area (Å²) in [7, 11) is 2.47. The maximum absolute atomic E-state index is 12.6. The molecule has 0 fully saturated rings. The van der Waals surface area contributed by atoms with Crippen LogP contribution in [0.15, 0.2) is 0 Å². The quantitative estimate of drug-likeness (QED) is 0.316. The van der Waals surface area contributed by atoms with Crippen LogP contribution < -0.4 is 16.0 Å². The summed E-state index contributed by atoms with van der Waals surface area (Å²) < 4.78 is 9.22. The van der Waals surface area contributed by atoms with Gasteiger partial charge in [0.15, 0.2) is 0 Å². The van der Waals surface area contributed by atoms with Crippen LogP contribution in [0.5, 0.6) is 0 Å². The number of hydrogen-bond acceptors (Lipinski definition) is 8. The van der Waals surface area contributed by atoms with Gasteiger partial charge in [0.1, 0.15) is 18.1 Å². The summed E-state index contributed by atoms with van der Waals surface area (Å²) >= 11 is 1.51. The number of esters is 2. The maximum Gasteiger partial charge on any atom is 0.328 e. The number of nitrogens with one attached hydrogen (secondary N) is 3. The number of carbonyl (C=O) groups excluding carboxylic acids is 5. The van der Waals surface area contributed by atoms with E-state index in [9.17, 15) is 24.0 Å². The van der Waals surface area contributed by atoms with E-state index < -0.39 is 47.8 Å². The molecule has 0 saturated heterocycles. The number of carbonyl (C=O) groups is 5.